The highest BCUT2D eigenvalue weighted by Gasteiger charge is 2.18. The molecule has 1 heterocycles. The second kappa shape index (κ2) is 7.20. The second-order valence-corrected chi connectivity index (χ2v) is 5.56. The predicted octanol–water partition coefficient (Wildman–Crippen LogP) is 0.810. The Labute approximate surface area is 137 Å². The molecule has 0 aliphatic heterocycles. The normalized spacial score (nSPS) is 10.9. The van der Waals surface area contributed by atoms with Gasteiger partial charge in [-0.2, -0.15) is 5.10 Å². The van der Waals surface area contributed by atoms with Gasteiger partial charge in [-0.25, -0.2) is 4.39 Å². The fourth-order valence-corrected chi connectivity index (χ4v) is 2.27. The van der Waals surface area contributed by atoms with E-state index in [0.29, 0.717) is 12.1 Å². The lowest BCUT2D eigenvalue weighted by molar-refractivity contribution is -0.120. The number of halogens is 1. The van der Waals surface area contributed by atoms with Crippen LogP contribution in [-0.2, 0) is 11.3 Å². The van der Waals surface area contributed by atoms with Gasteiger partial charge in [0.15, 0.2) is 5.69 Å². The number of benzene rings is 1. The Morgan fingerprint density at radius 1 is 1.33 bits per heavy atom. The van der Waals surface area contributed by atoms with Gasteiger partial charge < -0.3 is 10.6 Å². The van der Waals surface area contributed by atoms with Crippen molar-refractivity contribution < 1.29 is 14.0 Å². The molecule has 128 valence electrons. The Morgan fingerprint density at radius 3 is 2.67 bits per heavy atom. The summed E-state index contributed by atoms with van der Waals surface area (Å²) in [4.78, 5) is 36.2. The number of aryl methyl sites for hydroxylation is 1. The molecule has 1 aromatic carbocycles. The number of hydrogen-bond donors (Lipinski definition) is 2. The SMILES string of the molecule is CCn1nc(C(=O)NCC(=O)NC(C)C)c(=O)c2cc(F)ccc21. The number of fused-ring (bicyclic) bond motifs is 1. The van der Waals surface area contributed by atoms with E-state index in [9.17, 15) is 18.8 Å². The summed E-state index contributed by atoms with van der Waals surface area (Å²) in [6, 6.07) is 3.69. The van der Waals surface area contributed by atoms with Crippen LogP contribution in [0.2, 0.25) is 0 Å². The highest BCUT2D eigenvalue weighted by Crippen LogP contribution is 2.12. The fraction of sp³-hybridized carbons (Fsp3) is 0.375. The quantitative estimate of drug-likeness (QED) is 0.846. The van der Waals surface area contributed by atoms with Gasteiger partial charge in [-0.1, -0.05) is 0 Å². The van der Waals surface area contributed by atoms with Crippen LogP contribution in [0.15, 0.2) is 23.0 Å². The van der Waals surface area contributed by atoms with E-state index < -0.39 is 17.2 Å². The maximum Gasteiger partial charge on any atom is 0.276 e. The molecule has 2 amide bonds. The van der Waals surface area contributed by atoms with Crippen LogP contribution in [0.4, 0.5) is 4.39 Å². The summed E-state index contributed by atoms with van der Waals surface area (Å²) in [5, 5.41) is 9.07. The summed E-state index contributed by atoms with van der Waals surface area (Å²) in [6.45, 7) is 5.50. The summed E-state index contributed by atoms with van der Waals surface area (Å²) in [5.74, 6) is -1.72. The minimum atomic E-state index is -0.771. The molecule has 2 aromatic rings. The van der Waals surface area contributed by atoms with Crippen molar-refractivity contribution in [1.82, 2.24) is 20.4 Å². The van der Waals surface area contributed by atoms with Gasteiger partial charge in [-0.3, -0.25) is 19.1 Å². The smallest absolute Gasteiger partial charge is 0.276 e. The molecule has 0 radical (unpaired) electrons. The largest absolute Gasteiger partial charge is 0.352 e. The Balaban J connectivity index is 2.34. The molecule has 0 spiro atoms. The zero-order valence-electron chi connectivity index (χ0n) is 13.7. The lowest BCUT2D eigenvalue weighted by atomic mass is 10.2. The molecule has 7 nitrogen and oxygen atoms in total. The first kappa shape index (κ1) is 17.6. The Morgan fingerprint density at radius 2 is 2.04 bits per heavy atom. The summed E-state index contributed by atoms with van der Waals surface area (Å²) < 4.78 is 14.9. The van der Waals surface area contributed by atoms with Crippen LogP contribution in [0.5, 0.6) is 0 Å². The van der Waals surface area contributed by atoms with Gasteiger partial charge in [0.25, 0.3) is 5.91 Å². The van der Waals surface area contributed by atoms with Gasteiger partial charge in [-0.15, -0.1) is 0 Å². The van der Waals surface area contributed by atoms with Gasteiger partial charge in [-0.05, 0) is 39.0 Å². The molecule has 0 aliphatic rings. The topological polar surface area (TPSA) is 93.1 Å². The van der Waals surface area contributed by atoms with Crippen LogP contribution in [0, 0.1) is 5.82 Å². The van der Waals surface area contributed by atoms with Gasteiger partial charge >= 0.3 is 0 Å². The van der Waals surface area contributed by atoms with Crippen molar-refractivity contribution in [3.63, 3.8) is 0 Å². The zero-order valence-corrected chi connectivity index (χ0v) is 13.7. The molecule has 0 atom stereocenters. The third-order valence-corrected chi connectivity index (χ3v) is 3.29. The number of aromatic nitrogens is 2. The Hall–Kier alpha value is -2.77. The van der Waals surface area contributed by atoms with Crippen molar-refractivity contribution in [2.24, 2.45) is 0 Å². The molecule has 0 bridgehead atoms. The minimum absolute atomic E-state index is 0.0616. The first-order valence-electron chi connectivity index (χ1n) is 7.61. The van der Waals surface area contributed by atoms with E-state index in [1.165, 1.54) is 16.8 Å². The first-order valence-corrected chi connectivity index (χ1v) is 7.61. The maximum absolute atomic E-state index is 13.4. The van der Waals surface area contributed by atoms with Gasteiger partial charge in [0, 0.05) is 12.6 Å². The molecule has 0 saturated heterocycles. The van der Waals surface area contributed by atoms with E-state index in [0.717, 1.165) is 6.07 Å². The van der Waals surface area contributed by atoms with Crippen molar-refractivity contribution in [1.29, 1.82) is 0 Å². The average molecular weight is 334 g/mol. The van der Waals surface area contributed by atoms with Crippen LogP contribution in [-0.4, -0.2) is 34.2 Å². The van der Waals surface area contributed by atoms with Gasteiger partial charge in [0.1, 0.15) is 5.82 Å². The fourth-order valence-electron chi connectivity index (χ4n) is 2.27. The Kier molecular flexibility index (Phi) is 5.28. The molecule has 0 aliphatic carbocycles. The van der Waals surface area contributed by atoms with Crippen molar-refractivity contribution in [3.8, 4) is 0 Å². The van der Waals surface area contributed by atoms with Crippen LogP contribution in [0.1, 0.15) is 31.3 Å². The van der Waals surface area contributed by atoms with Crippen molar-refractivity contribution in [3.05, 3.63) is 39.9 Å². The van der Waals surface area contributed by atoms with E-state index in [1.54, 1.807) is 20.8 Å². The second-order valence-electron chi connectivity index (χ2n) is 5.56. The molecule has 8 heteroatoms. The molecule has 0 unspecified atom stereocenters. The van der Waals surface area contributed by atoms with Crippen LogP contribution in [0.3, 0.4) is 0 Å². The van der Waals surface area contributed by atoms with E-state index in [4.69, 9.17) is 0 Å². The van der Waals surface area contributed by atoms with E-state index in [2.05, 4.69) is 15.7 Å². The molecular formula is C16H19FN4O3. The summed E-state index contributed by atoms with van der Waals surface area (Å²) in [5.41, 5.74) is -0.596. The lowest BCUT2D eigenvalue weighted by Crippen LogP contribution is -2.41. The number of carbonyl (C=O) groups is 2. The lowest BCUT2D eigenvalue weighted by Gasteiger charge is -2.11. The number of nitrogens with zero attached hydrogens (tertiary/aromatic N) is 2. The van der Waals surface area contributed by atoms with E-state index in [-0.39, 0.29) is 29.6 Å². The molecule has 0 saturated carbocycles. The van der Waals surface area contributed by atoms with E-state index in [1.807, 2.05) is 0 Å². The summed E-state index contributed by atoms with van der Waals surface area (Å²) in [7, 11) is 0. The average Bonchev–Trinajstić information content (AvgIpc) is 2.52. The molecule has 24 heavy (non-hydrogen) atoms. The third kappa shape index (κ3) is 3.76. The molecular weight excluding hydrogens is 315 g/mol. The summed E-state index contributed by atoms with van der Waals surface area (Å²) in [6.07, 6.45) is 0. The standard InChI is InChI=1S/C16H19FN4O3/c1-4-21-12-6-5-10(17)7-11(12)15(23)14(20-21)16(24)18-8-13(22)19-9(2)3/h5-7,9H,4,8H2,1-3H3,(H,18,24)(H,19,22). The van der Waals surface area contributed by atoms with Gasteiger partial charge in [0.2, 0.25) is 11.3 Å². The van der Waals surface area contributed by atoms with Crippen molar-refractivity contribution >= 4 is 22.7 Å². The van der Waals surface area contributed by atoms with Crippen molar-refractivity contribution in [2.45, 2.75) is 33.4 Å². The Bertz CT molecular complexity index is 845. The maximum atomic E-state index is 13.4. The molecule has 0 fully saturated rings. The molecule has 2 N–H and O–H groups in total. The number of carbonyl (C=O) groups excluding carboxylic acids is 2. The predicted molar refractivity (Wildman–Crippen MR) is 87.2 cm³/mol. The number of hydrogen-bond acceptors (Lipinski definition) is 4. The molecule has 1 aromatic heterocycles. The van der Waals surface area contributed by atoms with E-state index >= 15 is 0 Å². The van der Waals surface area contributed by atoms with Crippen molar-refractivity contribution in [2.75, 3.05) is 6.54 Å². The number of rotatable bonds is 5. The van der Waals surface area contributed by atoms with Crippen LogP contribution < -0.4 is 16.1 Å². The minimum Gasteiger partial charge on any atom is -0.352 e. The monoisotopic (exact) mass is 334 g/mol. The number of nitrogens with one attached hydrogen (secondary N) is 2. The third-order valence-electron chi connectivity index (χ3n) is 3.29. The highest BCUT2D eigenvalue weighted by atomic mass is 19.1. The first-order chi connectivity index (χ1) is 11.3. The van der Waals surface area contributed by atoms with Gasteiger partial charge in [0.05, 0.1) is 17.4 Å². The summed E-state index contributed by atoms with van der Waals surface area (Å²) >= 11 is 0. The molecule has 2 rings (SSSR count). The highest BCUT2D eigenvalue weighted by molar-refractivity contribution is 5.97. The van der Waals surface area contributed by atoms with Crippen LogP contribution in [0.25, 0.3) is 10.9 Å². The number of amides is 2. The van der Waals surface area contributed by atoms with Crippen LogP contribution >= 0.6 is 0 Å². The zero-order chi connectivity index (χ0) is 17.9.